The molecule has 0 spiro atoms. The van der Waals surface area contributed by atoms with Gasteiger partial charge < -0.3 is 5.32 Å². The number of amides is 1. The van der Waals surface area contributed by atoms with Crippen molar-refractivity contribution in [2.45, 2.75) is 26.4 Å². The van der Waals surface area contributed by atoms with E-state index in [4.69, 9.17) is 2.74 Å². The molecule has 0 bridgehead atoms. The smallest absolute Gasteiger partial charge is 0.251 e. The first-order valence-electron chi connectivity index (χ1n) is 6.22. The molecular weight excluding hydrogens is 202 g/mol. The van der Waals surface area contributed by atoms with Gasteiger partial charge in [0.25, 0.3) is 5.91 Å². The fraction of sp³-hybridized carbons (Fsp3) is 0.417. The van der Waals surface area contributed by atoms with Gasteiger partial charge in [-0.3, -0.25) is 15.6 Å². The van der Waals surface area contributed by atoms with Crippen molar-refractivity contribution in [1.29, 1.82) is 0 Å². The summed E-state index contributed by atoms with van der Waals surface area (Å²) in [5.41, 5.74) is 6.04. The zero-order valence-electron chi connectivity index (χ0n) is 11.8. The number of hydrogen-bond acceptors (Lipinski definition) is 3. The van der Waals surface area contributed by atoms with Gasteiger partial charge in [0.05, 0.1) is 0 Å². The second kappa shape index (κ2) is 6.25. The highest BCUT2D eigenvalue weighted by Crippen LogP contribution is 2.04. The minimum atomic E-state index is -1.68. The van der Waals surface area contributed by atoms with Crippen molar-refractivity contribution in [3.05, 3.63) is 35.4 Å². The van der Waals surface area contributed by atoms with Crippen molar-refractivity contribution in [1.82, 2.24) is 16.2 Å². The van der Waals surface area contributed by atoms with Crippen molar-refractivity contribution >= 4 is 5.91 Å². The molecule has 1 aromatic carbocycles. The van der Waals surface area contributed by atoms with Crippen LogP contribution in [0.3, 0.4) is 0 Å². The molecule has 0 fully saturated rings. The SMILES string of the molecule is [2H]C([2H])(NNC)c1ccc(C(=O)NC(C)C)cc1. The van der Waals surface area contributed by atoms with E-state index < -0.39 is 6.50 Å². The molecular formula is C12H19N3O. The summed E-state index contributed by atoms with van der Waals surface area (Å²) in [4.78, 5) is 11.7. The van der Waals surface area contributed by atoms with E-state index in [1.54, 1.807) is 31.3 Å². The number of hydrazine groups is 1. The highest BCUT2D eigenvalue weighted by molar-refractivity contribution is 5.94. The largest absolute Gasteiger partial charge is 0.350 e. The van der Waals surface area contributed by atoms with Crippen LogP contribution < -0.4 is 16.2 Å². The molecule has 0 radical (unpaired) electrons. The van der Waals surface area contributed by atoms with E-state index in [-0.39, 0.29) is 11.9 Å². The third-order valence-corrected chi connectivity index (χ3v) is 1.90. The Kier molecular flexibility index (Phi) is 3.83. The molecule has 0 unspecified atom stereocenters. The van der Waals surface area contributed by atoms with E-state index in [2.05, 4.69) is 16.2 Å². The zero-order valence-corrected chi connectivity index (χ0v) is 9.79. The van der Waals surface area contributed by atoms with Gasteiger partial charge in [0.15, 0.2) is 0 Å². The van der Waals surface area contributed by atoms with Crippen molar-refractivity contribution in [3.63, 3.8) is 0 Å². The maximum absolute atomic E-state index is 11.7. The Labute approximate surface area is 99.2 Å². The number of carbonyl (C=O) groups excluding carboxylic acids is 1. The van der Waals surface area contributed by atoms with Crippen LogP contribution in [-0.2, 0) is 6.50 Å². The van der Waals surface area contributed by atoms with Crippen LogP contribution in [0, 0.1) is 0 Å². The van der Waals surface area contributed by atoms with Gasteiger partial charge in [0.2, 0.25) is 0 Å². The lowest BCUT2D eigenvalue weighted by Crippen LogP contribution is -2.30. The predicted molar refractivity (Wildman–Crippen MR) is 64.9 cm³/mol. The average Bonchev–Trinajstić information content (AvgIpc) is 2.28. The maximum atomic E-state index is 11.7. The maximum Gasteiger partial charge on any atom is 0.251 e. The van der Waals surface area contributed by atoms with E-state index >= 15 is 0 Å². The molecule has 0 aromatic heterocycles. The molecule has 0 aliphatic rings. The van der Waals surface area contributed by atoms with Gasteiger partial charge in [-0.2, -0.15) is 0 Å². The monoisotopic (exact) mass is 223 g/mol. The molecule has 3 N–H and O–H groups in total. The van der Waals surface area contributed by atoms with Crippen LogP contribution in [-0.4, -0.2) is 19.0 Å². The standard InChI is InChI=1S/C12H19N3O/c1-9(2)15-12(16)11-6-4-10(5-7-11)8-14-13-3/h4-7,9,13-14H,8H2,1-3H3,(H,15,16)/i8D2. The van der Waals surface area contributed by atoms with Crippen LogP contribution in [0.5, 0.6) is 0 Å². The molecule has 0 atom stereocenters. The molecule has 16 heavy (non-hydrogen) atoms. The number of rotatable bonds is 5. The first kappa shape index (κ1) is 9.81. The summed E-state index contributed by atoms with van der Waals surface area (Å²) in [6, 6.07) is 6.50. The van der Waals surface area contributed by atoms with Crippen LogP contribution >= 0.6 is 0 Å². The van der Waals surface area contributed by atoms with Crippen LogP contribution in [0.15, 0.2) is 24.3 Å². The fourth-order valence-corrected chi connectivity index (χ4v) is 1.19. The number of benzene rings is 1. The van der Waals surface area contributed by atoms with Gasteiger partial charge in [-0.15, -0.1) is 0 Å². The van der Waals surface area contributed by atoms with Gasteiger partial charge in [0, 0.05) is 20.8 Å². The summed E-state index contributed by atoms with van der Waals surface area (Å²) in [5.74, 6) is -0.154. The Balaban J connectivity index is 2.83. The summed E-state index contributed by atoms with van der Waals surface area (Å²) >= 11 is 0. The molecule has 1 amide bonds. The average molecular weight is 223 g/mol. The van der Waals surface area contributed by atoms with Gasteiger partial charge in [-0.1, -0.05) is 12.1 Å². The van der Waals surface area contributed by atoms with E-state index in [1.807, 2.05) is 13.8 Å². The topological polar surface area (TPSA) is 53.2 Å². The minimum Gasteiger partial charge on any atom is -0.350 e. The Morgan fingerprint density at radius 1 is 1.38 bits per heavy atom. The molecule has 0 saturated carbocycles. The van der Waals surface area contributed by atoms with Gasteiger partial charge in [-0.25, -0.2) is 0 Å². The molecule has 1 aromatic rings. The first-order chi connectivity index (χ1) is 8.36. The Morgan fingerprint density at radius 2 is 2.00 bits per heavy atom. The highest BCUT2D eigenvalue weighted by Gasteiger charge is 2.05. The van der Waals surface area contributed by atoms with Crippen molar-refractivity contribution in [3.8, 4) is 0 Å². The normalized spacial score (nSPS) is 13.2. The second-order valence-electron chi connectivity index (χ2n) is 3.71. The summed E-state index contributed by atoms with van der Waals surface area (Å²) in [6.45, 7) is 2.10. The molecule has 0 saturated heterocycles. The summed E-state index contributed by atoms with van der Waals surface area (Å²) in [7, 11) is 1.60. The first-order valence-corrected chi connectivity index (χ1v) is 5.22. The summed E-state index contributed by atoms with van der Waals surface area (Å²) in [6.07, 6.45) is 0. The molecule has 0 aliphatic carbocycles. The lowest BCUT2D eigenvalue weighted by molar-refractivity contribution is 0.0943. The number of nitrogens with one attached hydrogen (secondary N) is 3. The van der Waals surface area contributed by atoms with Crippen molar-refractivity contribution in [2.24, 2.45) is 0 Å². The lowest BCUT2D eigenvalue weighted by Gasteiger charge is -2.09. The van der Waals surface area contributed by atoms with Crippen LogP contribution in [0.4, 0.5) is 0 Å². The summed E-state index contributed by atoms with van der Waals surface area (Å²) in [5, 5.41) is 2.78. The van der Waals surface area contributed by atoms with E-state index in [1.165, 1.54) is 0 Å². The van der Waals surface area contributed by atoms with Crippen molar-refractivity contribution in [2.75, 3.05) is 7.05 Å². The molecule has 4 nitrogen and oxygen atoms in total. The molecule has 88 valence electrons. The predicted octanol–water partition coefficient (Wildman–Crippen LogP) is 1.05. The molecule has 4 heteroatoms. The Bertz CT molecular complexity index is 404. The molecule has 0 heterocycles. The zero-order chi connectivity index (χ0) is 13.8. The Hall–Kier alpha value is -1.39. The van der Waals surface area contributed by atoms with Crippen LogP contribution in [0.1, 0.15) is 32.5 Å². The number of carbonyl (C=O) groups is 1. The number of hydrogen-bond donors (Lipinski definition) is 3. The van der Waals surface area contributed by atoms with Gasteiger partial charge in [0.1, 0.15) is 0 Å². The minimum absolute atomic E-state index is 0.0783. The lowest BCUT2D eigenvalue weighted by atomic mass is 10.1. The van der Waals surface area contributed by atoms with Gasteiger partial charge >= 0.3 is 0 Å². The molecule has 0 aliphatic heterocycles. The third kappa shape index (κ3) is 4.00. The van der Waals surface area contributed by atoms with Crippen LogP contribution in [0.25, 0.3) is 0 Å². The Morgan fingerprint density at radius 3 is 2.50 bits per heavy atom. The highest BCUT2D eigenvalue weighted by atomic mass is 16.1. The third-order valence-electron chi connectivity index (χ3n) is 1.90. The van der Waals surface area contributed by atoms with E-state index in [0.29, 0.717) is 11.1 Å². The van der Waals surface area contributed by atoms with E-state index in [9.17, 15) is 4.79 Å². The van der Waals surface area contributed by atoms with Gasteiger partial charge in [-0.05, 0) is 38.6 Å². The van der Waals surface area contributed by atoms with Crippen molar-refractivity contribution < 1.29 is 7.54 Å². The van der Waals surface area contributed by atoms with Crippen LogP contribution in [0.2, 0.25) is 0 Å². The second-order valence-corrected chi connectivity index (χ2v) is 3.71. The molecule has 1 rings (SSSR count). The quantitative estimate of drug-likeness (QED) is 0.654. The van der Waals surface area contributed by atoms with E-state index in [0.717, 1.165) is 0 Å². The summed E-state index contributed by atoms with van der Waals surface area (Å²) < 4.78 is 15.5. The fourth-order valence-electron chi connectivity index (χ4n) is 1.19.